The number of nitro groups is 1. The number of aromatic nitrogens is 4. The molecule has 8 aromatic rings. The molecule has 0 amide bonds. The smallest absolute Gasteiger partial charge is 0.258 e. The minimum absolute atomic E-state index is 0.0410. The van der Waals surface area contributed by atoms with Crippen molar-refractivity contribution in [3.63, 3.8) is 0 Å². The number of nitrogens with one attached hydrogen (secondary N) is 1. The third-order valence-electron chi connectivity index (χ3n) is 8.56. The van der Waals surface area contributed by atoms with Crippen molar-refractivity contribution in [2.45, 2.75) is 9.79 Å². The van der Waals surface area contributed by atoms with E-state index in [0.29, 0.717) is 42.7 Å². The SMILES string of the molecule is NS(=O)(=O)c1ccccc1-n1nc(-c2ccc([N+](=O)[O-])cc2)cc1-c1ccc(Cl)cc1.O=S(=O)(Nn1nc(-c2ccc(Cl)s2)cc1-c1ccc(Cl)cc1)c1ccccc1. The molecule has 0 bridgehead atoms. The van der Waals surface area contributed by atoms with Gasteiger partial charge in [-0.2, -0.15) is 28.2 Å². The Morgan fingerprint density at radius 2 is 1.20 bits per heavy atom. The Hall–Kier alpha value is -5.85. The Labute approximate surface area is 357 Å². The van der Waals surface area contributed by atoms with E-state index in [4.69, 9.17) is 39.9 Å². The first-order valence-corrected chi connectivity index (χ1v) is 22.1. The molecule has 0 aliphatic carbocycles. The van der Waals surface area contributed by atoms with Gasteiger partial charge in [0.1, 0.15) is 10.6 Å². The monoisotopic (exact) mass is 903 g/mol. The number of nitrogens with two attached hydrogens (primary N) is 1. The maximum atomic E-state index is 12.8. The number of halogens is 3. The normalized spacial score (nSPS) is 11.5. The van der Waals surface area contributed by atoms with Gasteiger partial charge in [-0.25, -0.2) is 18.2 Å². The van der Waals surface area contributed by atoms with Crippen LogP contribution in [-0.4, -0.2) is 41.4 Å². The van der Waals surface area contributed by atoms with Crippen LogP contribution in [0.1, 0.15) is 0 Å². The van der Waals surface area contributed by atoms with Crippen LogP contribution in [-0.2, 0) is 20.0 Å². The van der Waals surface area contributed by atoms with Crippen LogP contribution in [0.15, 0.2) is 161 Å². The van der Waals surface area contributed by atoms with Gasteiger partial charge >= 0.3 is 0 Å². The van der Waals surface area contributed by atoms with Crippen molar-refractivity contribution < 1.29 is 21.8 Å². The molecule has 5 aromatic carbocycles. The van der Waals surface area contributed by atoms with E-state index in [2.05, 4.69) is 15.0 Å². The van der Waals surface area contributed by atoms with E-state index in [1.807, 2.05) is 6.07 Å². The molecule has 0 saturated carbocycles. The van der Waals surface area contributed by atoms with E-state index in [0.717, 1.165) is 16.0 Å². The number of thiophene rings is 1. The summed E-state index contributed by atoms with van der Waals surface area (Å²) in [6.07, 6.45) is 0. The molecule has 0 spiro atoms. The van der Waals surface area contributed by atoms with Gasteiger partial charge in [0, 0.05) is 38.9 Å². The summed E-state index contributed by atoms with van der Waals surface area (Å²) in [5.41, 5.74) is 4.67. The lowest BCUT2D eigenvalue weighted by Crippen LogP contribution is -2.25. The average Bonchev–Trinajstić information content (AvgIpc) is 3.98. The summed E-state index contributed by atoms with van der Waals surface area (Å²) in [5.74, 6) is 0. The summed E-state index contributed by atoms with van der Waals surface area (Å²) in [5, 5.41) is 26.5. The maximum Gasteiger partial charge on any atom is 0.276 e. The summed E-state index contributed by atoms with van der Waals surface area (Å²) in [6, 6.07) is 41.6. The Kier molecular flexibility index (Phi) is 12.0. The van der Waals surface area contributed by atoms with Crippen LogP contribution in [0.4, 0.5) is 5.69 Å². The maximum absolute atomic E-state index is 12.8. The second-order valence-corrected chi connectivity index (χ2v) is 18.3. The van der Waals surface area contributed by atoms with Crippen LogP contribution in [0, 0.1) is 10.1 Å². The highest BCUT2D eigenvalue weighted by Gasteiger charge is 2.22. The number of non-ortho nitro benzene ring substituents is 1. The largest absolute Gasteiger partial charge is 0.276 e. The molecule has 0 radical (unpaired) electrons. The van der Waals surface area contributed by atoms with E-state index >= 15 is 0 Å². The molecule has 0 unspecified atom stereocenters. The lowest BCUT2D eigenvalue weighted by atomic mass is 10.1. The van der Waals surface area contributed by atoms with Gasteiger partial charge in [-0.15, -0.1) is 11.3 Å². The zero-order chi connectivity index (χ0) is 41.9. The van der Waals surface area contributed by atoms with Gasteiger partial charge < -0.3 is 0 Å². The minimum atomic E-state index is -4.01. The first-order valence-electron chi connectivity index (χ1n) is 17.1. The number of sulfonamides is 2. The van der Waals surface area contributed by atoms with Crippen LogP contribution >= 0.6 is 46.1 Å². The molecule has 0 fully saturated rings. The summed E-state index contributed by atoms with van der Waals surface area (Å²) in [6.45, 7) is 0. The number of benzene rings is 5. The fourth-order valence-electron chi connectivity index (χ4n) is 5.77. The van der Waals surface area contributed by atoms with Gasteiger partial charge in [-0.3, -0.25) is 10.1 Å². The topological polar surface area (TPSA) is 185 Å². The molecule has 59 heavy (non-hydrogen) atoms. The summed E-state index contributed by atoms with van der Waals surface area (Å²) < 4.78 is 52.0. The lowest BCUT2D eigenvalue weighted by molar-refractivity contribution is -0.384. The second kappa shape index (κ2) is 17.2. The Morgan fingerprint density at radius 1 is 0.644 bits per heavy atom. The van der Waals surface area contributed by atoms with Crippen LogP contribution in [0.25, 0.3) is 50.0 Å². The van der Waals surface area contributed by atoms with Crippen molar-refractivity contribution in [2.24, 2.45) is 5.14 Å². The van der Waals surface area contributed by atoms with Gasteiger partial charge in [0.15, 0.2) is 0 Å². The van der Waals surface area contributed by atoms with E-state index in [1.165, 1.54) is 51.1 Å². The third-order valence-corrected chi connectivity index (χ3v) is 12.6. The number of hydrogen-bond acceptors (Lipinski definition) is 9. The molecular weight excluding hydrogens is 877 g/mol. The third kappa shape index (κ3) is 9.56. The highest BCUT2D eigenvalue weighted by Crippen LogP contribution is 2.34. The molecule has 298 valence electrons. The molecule has 0 aliphatic heterocycles. The minimum Gasteiger partial charge on any atom is -0.258 e. The first-order chi connectivity index (χ1) is 28.2. The zero-order valence-electron chi connectivity index (χ0n) is 30.1. The van der Waals surface area contributed by atoms with Crippen molar-refractivity contribution in [3.05, 3.63) is 176 Å². The van der Waals surface area contributed by atoms with Crippen LogP contribution < -0.4 is 9.97 Å². The molecule has 0 saturated heterocycles. The van der Waals surface area contributed by atoms with E-state index < -0.39 is 25.0 Å². The highest BCUT2D eigenvalue weighted by atomic mass is 35.5. The standard InChI is InChI=1S/C21H15ClN4O4S.C19H13Cl2N3O2S2/c22-16-9-5-15(6-10-16)20-13-18(14-7-11-17(12-8-14)26(27)28)24-25(20)19-3-1-2-4-21(19)31(23,29)30;20-14-8-6-13(7-9-14)17-12-16(18-10-11-19(21)27-18)22-24(17)23-28(25,26)15-4-2-1-3-5-15/h1-13H,(H2,23,29,30);1-12,23H. The quantitative estimate of drug-likeness (QED) is 0.100. The molecule has 3 aromatic heterocycles. The predicted octanol–water partition coefficient (Wildman–Crippen LogP) is 9.93. The molecule has 3 N–H and O–H groups in total. The van der Waals surface area contributed by atoms with Crippen LogP contribution in [0.5, 0.6) is 0 Å². The molecule has 13 nitrogen and oxygen atoms in total. The van der Waals surface area contributed by atoms with Crippen molar-refractivity contribution in [1.29, 1.82) is 0 Å². The lowest BCUT2D eigenvalue weighted by Gasteiger charge is -2.11. The van der Waals surface area contributed by atoms with E-state index in [9.17, 15) is 26.9 Å². The van der Waals surface area contributed by atoms with Gasteiger partial charge in [-0.1, -0.05) is 89.4 Å². The fraction of sp³-hybridized carbons (Fsp3) is 0. The van der Waals surface area contributed by atoms with Crippen LogP contribution in [0.2, 0.25) is 14.4 Å². The van der Waals surface area contributed by atoms with Gasteiger partial charge in [0.05, 0.1) is 41.8 Å². The summed E-state index contributed by atoms with van der Waals surface area (Å²) in [7, 11) is -7.83. The molecular formula is C40H28Cl3N7O6S3. The fourth-order valence-corrected chi connectivity index (χ4v) is 8.73. The van der Waals surface area contributed by atoms with E-state index in [-0.39, 0.29) is 21.2 Å². The van der Waals surface area contributed by atoms with E-state index in [1.54, 1.807) is 115 Å². The Balaban J connectivity index is 0.000000180. The molecule has 3 heterocycles. The Bertz CT molecular complexity index is 3010. The number of nitrogens with zero attached hydrogens (tertiary/aromatic N) is 5. The predicted molar refractivity (Wildman–Crippen MR) is 231 cm³/mol. The number of para-hydroxylation sites is 1. The second-order valence-electron chi connectivity index (χ2n) is 12.5. The number of rotatable bonds is 10. The van der Waals surface area contributed by atoms with Crippen molar-refractivity contribution in [2.75, 3.05) is 4.83 Å². The molecule has 8 rings (SSSR count). The number of nitro benzene ring substituents is 1. The zero-order valence-corrected chi connectivity index (χ0v) is 34.8. The van der Waals surface area contributed by atoms with Gasteiger partial charge in [0.25, 0.3) is 15.7 Å². The summed E-state index contributed by atoms with van der Waals surface area (Å²) in [4.78, 5) is 15.1. The molecule has 0 aliphatic rings. The first kappa shape index (κ1) is 41.3. The summed E-state index contributed by atoms with van der Waals surface area (Å²) >= 11 is 19.4. The number of primary sulfonamides is 1. The van der Waals surface area contributed by atoms with Crippen molar-refractivity contribution >= 4 is 71.9 Å². The van der Waals surface area contributed by atoms with Crippen LogP contribution in [0.3, 0.4) is 0 Å². The highest BCUT2D eigenvalue weighted by molar-refractivity contribution is 7.92. The van der Waals surface area contributed by atoms with Crippen molar-refractivity contribution in [3.8, 4) is 50.0 Å². The van der Waals surface area contributed by atoms with Gasteiger partial charge in [-0.05, 0) is 84.9 Å². The van der Waals surface area contributed by atoms with Gasteiger partial charge in [0.2, 0.25) is 10.0 Å². The molecule has 19 heteroatoms. The Morgan fingerprint density at radius 3 is 1.78 bits per heavy atom. The van der Waals surface area contributed by atoms with Crippen molar-refractivity contribution in [1.82, 2.24) is 19.7 Å². The molecule has 0 atom stereocenters. The average molecular weight is 905 g/mol. The number of hydrogen-bond donors (Lipinski definition) is 2.